The van der Waals surface area contributed by atoms with E-state index in [1.54, 1.807) is 16.7 Å². The van der Waals surface area contributed by atoms with Crippen LogP contribution in [0.3, 0.4) is 0 Å². The van der Waals surface area contributed by atoms with Crippen molar-refractivity contribution in [1.82, 2.24) is 10.2 Å². The summed E-state index contributed by atoms with van der Waals surface area (Å²) in [6.45, 7) is 10.5. The number of carbonyl (C=O) groups is 2. The van der Waals surface area contributed by atoms with Crippen molar-refractivity contribution >= 4 is 23.6 Å². The molecule has 0 aliphatic rings. The second kappa shape index (κ2) is 11.8. The maximum absolute atomic E-state index is 13.2. The molecule has 0 aromatic heterocycles. The first-order valence-corrected chi connectivity index (χ1v) is 11.7. The molecule has 0 radical (unpaired) electrons. The summed E-state index contributed by atoms with van der Waals surface area (Å²) in [5, 5.41) is 2.97. The Bertz CT molecular complexity index is 816. The van der Waals surface area contributed by atoms with E-state index in [2.05, 4.69) is 37.4 Å². The summed E-state index contributed by atoms with van der Waals surface area (Å²) in [6, 6.07) is 15.9. The molecule has 30 heavy (non-hydrogen) atoms. The van der Waals surface area contributed by atoms with Gasteiger partial charge in [0.25, 0.3) is 0 Å². The lowest BCUT2D eigenvalue weighted by Crippen LogP contribution is -2.50. The summed E-state index contributed by atoms with van der Waals surface area (Å²) < 4.78 is 0. The predicted octanol–water partition coefficient (Wildman–Crippen LogP) is 4.87. The SMILES string of the molecule is CC[C@@H](C(=O)NC(C)C)N(Cc1ccccc1)C(=O)CSCc1cc(C)cc(C)c1. The fourth-order valence-corrected chi connectivity index (χ4v) is 4.42. The van der Waals surface area contributed by atoms with Crippen molar-refractivity contribution in [2.24, 2.45) is 0 Å². The van der Waals surface area contributed by atoms with Crippen LogP contribution in [0, 0.1) is 13.8 Å². The van der Waals surface area contributed by atoms with E-state index in [4.69, 9.17) is 0 Å². The molecule has 1 atom stereocenters. The van der Waals surface area contributed by atoms with Crippen molar-refractivity contribution in [3.8, 4) is 0 Å². The molecule has 5 heteroatoms. The zero-order valence-electron chi connectivity index (χ0n) is 18.8. The van der Waals surface area contributed by atoms with Gasteiger partial charge in [-0.15, -0.1) is 11.8 Å². The molecular weight excluding hydrogens is 392 g/mol. The third-order valence-corrected chi connectivity index (χ3v) is 5.78. The van der Waals surface area contributed by atoms with Crippen molar-refractivity contribution in [1.29, 1.82) is 0 Å². The first-order chi connectivity index (χ1) is 14.3. The number of benzene rings is 2. The standard InChI is InChI=1S/C25H34N2O2S/c1-6-23(25(29)26-18(2)3)27(15-21-10-8-7-9-11-21)24(28)17-30-16-22-13-19(4)12-20(5)14-22/h7-14,18,23H,6,15-17H2,1-5H3,(H,26,29)/t23-/m0/s1. The Hall–Kier alpha value is -2.27. The lowest BCUT2D eigenvalue weighted by molar-refractivity contribution is -0.139. The van der Waals surface area contributed by atoms with Crippen LogP contribution in [0.15, 0.2) is 48.5 Å². The summed E-state index contributed by atoms with van der Waals surface area (Å²) in [5.74, 6) is 1.04. The summed E-state index contributed by atoms with van der Waals surface area (Å²) in [7, 11) is 0. The quantitative estimate of drug-likeness (QED) is 0.590. The van der Waals surface area contributed by atoms with Crippen LogP contribution >= 0.6 is 11.8 Å². The maximum Gasteiger partial charge on any atom is 0.243 e. The largest absolute Gasteiger partial charge is 0.352 e. The van der Waals surface area contributed by atoms with Gasteiger partial charge in [-0.1, -0.05) is 66.6 Å². The van der Waals surface area contributed by atoms with Gasteiger partial charge in [-0.25, -0.2) is 0 Å². The molecule has 2 rings (SSSR count). The van der Waals surface area contributed by atoms with Crippen LogP contribution in [0.4, 0.5) is 0 Å². The molecule has 2 amide bonds. The molecule has 0 bridgehead atoms. The molecule has 0 spiro atoms. The highest BCUT2D eigenvalue weighted by molar-refractivity contribution is 7.99. The van der Waals surface area contributed by atoms with Crippen LogP contribution in [0.5, 0.6) is 0 Å². The normalized spacial score (nSPS) is 11.9. The molecule has 0 fully saturated rings. The van der Waals surface area contributed by atoms with Gasteiger partial charge in [0.2, 0.25) is 11.8 Å². The number of aryl methyl sites for hydroxylation is 2. The van der Waals surface area contributed by atoms with Crippen LogP contribution in [0.1, 0.15) is 49.4 Å². The average molecular weight is 427 g/mol. The van der Waals surface area contributed by atoms with Crippen molar-refractivity contribution < 1.29 is 9.59 Å². The second-order valence-electron chi connectivity index (χ2n) is 8.08. The van der Waals surface area contributed by atoms with E-state index in [-0.39, 0.29) is 17.9 Å². The number of carbonyl (C=O) groups excluding carboxylic acids is 2. The number of nitrogens with one attached hydrogen (secondary N) is 1. The molecule has 0 unspecified atom stereocenters. The van der Waals surface area contributed by atoms with Crippen LogP contribution < -0.4 is 5.32 Å². The highest BCUT2D eigenvalue weighted by Crippen LogP contribution is 2.19. The summed E-state index contributed by atoms with van der Waals surface area (Å²) in [5.41, 5.74) is 4.73. The smallest absolute Gasteiger partial charge is 0.243 e. The van der Waals surface area contributed by atoms with Crippen LogP contribution in [-0.2, 0) is 21.9 Å². The molecule has 0 saturated carbocycles. The Morgan fingerprint density at radius 2 is 1.63 bits per heavy atom. The van der Waals surface area contributed by atoms with Gasteiger partial charge in [-0.3, -0.25) is 9.59 Å². The monoisotopic (exact) mass is 426 g/mol. The average Bonchev–Trinajstić information content (AvgIpc) is 2.67. The van der Waals surface area contributed by atoms with E-state index < -0.39 is 6.04 Å². The number of amides is 2. The van der Waals surface area contributed by atoms with Crippen molar-refractivity contribution in [3.05, 3.63) is 70.8 Å². The molecule has 0 saturated heterocycles. The summed E-state index contributed by atoms with van der Waals surface area (Å²) >= 11 is 1.60. The van der Waals surface area contributed by atoms with Gasteiger partial charge in [0, 0.05) is 18.3 Å². The van der Waals surface area contributed by atoms with Gasteiger partial charge in [0.15, 0.2) is 0 Å². The lowest BCUT2D eigenvalue weighted by atomic mass is 10.1. The first-order valence-electron chi connectivity index (χ1n) is 10.6. The van der Waals surface area contributed by atoms with Gasteiger partial charge < -0.3 is 10.2 Å². The number of rotatable bonds is 10. The lowest BCUT2D eigenvalue weighted by Gasteiger charge is -2.31. The Kier molecular flexibility index (Phi) is 9.44. The Morgan fingerprint density at radius 3 is 2.20 bits per heavy atom. The Balaban J connectivity index is 2.11. The minimum Gasteiger partial charge on any atom is -0.352 e. The minimum atomic E-state index is -0.470. The number of hydrogen-bond acceptors (Lipinski definition) is 3. The molecule has 2 aromatic rings. The third kappa shape index (κ3) is 7.52. The highest BCUT2D eigenvalue weighted by Gasteiger charge is 2.28. The molecule has 2 aromatic carbocycles. The first kappa shape index (κ1) is 24.0. The maximum atomic E-state index is 13.2. The van der Waals surface area contributed by atoms with Gasteiger partial charge in [0.1, 0.15) is 6.04 Å². The third-order valence-electron chi connectivity index (χ3n) is 4.79. The minimum absolute atomic E-state index is 0.000941. The fraction of sp³-hybridized carbons (Fsp3) is 0.440. The molecular formula is C25H34N2O2S. The van der Waals surface area contributed by atoms with E-state index in [0.717, 1.165) is 11.3 Å². The fourth-order valence-electron chi connectivity index (χ4n) is 3.57. The Morgan fingerprint density at radius 1 is 1.00 bits per heavy atom. The number of hydrogen-bond donors (Lipinski definition) is 1. The van der Waals surface area contributed by atoms with Gasteiger partial charge in [-0.05, 0) is 45.2 Å². The zero-order valence-corrected chi connectivity index (χ0v) is 19.6. The van der Waals surface area contributed by atoms with E-state index in [0.29, 0.717) is 18.7 Å². The molecule has 0 heterocycles. The predicted molar refractivity (Wildman–Crippen MR) is 126 cm³/mol. The van der Waals surface area contributed by atoms with Crippen LogP contribution in [0.2, 0.25) is 0 Å². The molecule has 4 nitrogen and oxygen atoms in total. The number of thioether (sulfide) groups is 1. The van der Waals surface area contributed by atoms with Crippen molar-refractivity contribution in [3.63, 3.8) is 0 Å². The summed E-state index contributed by atoms with van der Waals surface area (Å²) in [4.78, 5) is 27.7. The Labute approximate surface area is 185 Å². The van der Waals surface area contributed by atoms with Gasteiger partial charge >= 0.3 is 0 Å². The van der Waals surface area contributed by atoms with Gasteiger partial charge in [-0.2, -0.15) is 0 Å². The van der Waals surface area contributed by atoms with E-state index in [1.165, 1.54) is 16.7 Å². The van der Waals surface area contributed by atoms with Crippen LogP contribution in [-0.4, -0.2) is 34.6 Å². The number of nitrogens with zero attached hydrogens (tertiary/aromatic N) is 1. The van der Waals surface area contributed by atoms with E-state index >= 15 is 0 Å². The summed E-state index contributed by atoms with van der Waals surface area (Å²) in [6.07, 6.45) is 0.582. The molecule has 162 valence electrons. The molecule has 1 N–H and O–H groups in total. The molecule has 0 aliphatic heterocycles. The van der Waals surface area contributed by atoms with Crippen LogP contribution in [0.25, 0.3) is 0 Å². The van der Waals surface area contributed by atoms with Crippen molar-refractivity contribution in [2.75, 3.05) is 5.75 Å². The topological polar surface area (TPSA) is 49.4 Å². The van der Waals surface area contributed by atoms with Gasteiger partial charge in [0.05, 0.1) is 5.75 Å². The molecule has 0 aliphatic carbocycles. The van der Waals surface area contributed by atoms with E-state index in [1.807, 2.05) is 51.1 Å². The van der Waals surface area contributed by atoms with E-state index in [9.17, 15) is 9.59 Å². The van der Waals surface area contributed by atoms with Crippen molar-refractivity contribution in [2.45, 2.75) is 65.4 Å². The highest BCUT2D eigenvalue weighted by atomic mass is 32.2. The zero-order chi connectivity index (χ0) is 22.1. The second-order valence-corrected chi connectivity index (χ2v) is 9.07.